The van der Waals surface area contributed by atoms with Crippen LogP contribution in [0.2, 0.25) is 0 Å². The normalized spacial score (nSPS) is 26.8. The fraction of sp³-hybridized carbons (Fsp3) is 0.571. The minimum atomic E-state index is 0.0487. The zero-order valence-corrected chi connectivity index (χ0v) is 16.0. The van der Waals surface area contributed by atoms with Crippen LogP contribution in [0.3, 0.4) is 0 Å². The van der Waals surface area contributed by atoms with Crippen LogP contribution in [-0.2, 0) is 0 Å². The number of nitrogens with zero attached hydrogens (tertiary/aromatic N) is 3. The van der Waals surface area contributed by atoms with Gasteiger partial charge >= 0.3 is 0 Å². The minimum Gasteiger partial charge on any atom is -0.494 e. The number of aliphatic hydroxyl groups is 1. The van der Waals surface area contributed by atoms with Gasteiger partial charge in [-0.2, -0.15) is 0 Å². The first-order valence-corrected chi connectivity index (χ1v) is 9.58. The summed E-state index contributed by atoms with van der Waals surface area (Å²) < 4.78 is 5.54. The Bertz CT molecular complexity index is 809. The van der Waals surface area contributed by atoms with Gasteiger partial charge in [-0.15, -0.1) is 0 Å². The maximum atomic E-state index is 10.1. The van der Waals surface area contributed by atoms with Gasteiger partial charge in [-0.05, 0) is 57.5 Å². The maximum absolute atomic E-state index is 10.1. The van der Waals surface area contributed by atoms with Crippen molar-refractivity contribution in [3.8, 4) is 5.75 Å². The molecule has 0 unspecified atom stereocenters. The summed E-state index contributed by atoms with van der Waals surface area (Å²) in [6.07, 6.45) is 3.33. The molecule has 0 radical (unpaired) electrons. The van der Waals surface area contributed by atoms with Crippen molar-refractivity contribution < 1.29 is 9.84 Å². The Morgan fingerprint density at radius 3 is 2.92 bits per heavy atom. The van der Waals surface area contributed by atoms with Crippen molar-refractivity contribution in [2.45, 2.75) is 32.2 Å². The van der Waals surface area contributed by atoms with Crippen LogP contribution < -0.4 is 9.64 Å². The average Bonchev–Trinajstić information content (AvgIpc) is 2.67. The van der Waals surface area contributed by atoms with Gasteiger partial charge in [0.05, 0.1) is 13.7 Å². The van der Waals surface area contributed by atoms with Gasteiger partial charge in [0.25, 0.3) is 0 Å². The van der Waals surface area contributed by atoms with Crippen LogP contribution in [0.15, 0.2) is 24.3 Å². The number of hydrogen-bond donors (Lipinski definition) is 1. The Labute approximate surface area is 155 Å². The zero-order valence-electron chi connectivity index (χ0n) is 16.0. The molecule has 4 rings (SSSR count). The topological polar surface area (TPSA) is 48.8 Å². The first-order valence-electron chi connectivity index (χ1n) is 9.58. The predicted molar refractivity (Wildman–Crippen MR) is 105 cm³/mol. The molecular formula is C21H29N3O2. The van der Waals surface area contributed by atoms with E-state index < -0.39 is 0 Å². The third-order valence-corrected chi connectivity index (χ3v) is 6.55. The van der Waals surface area contributed by atoms with Gasteiger partial charge in [-0.1, -0.05) is 12.1 Å². The molecule has 2 saturated heterocycles. The van der Waals surface area contributed by atoms with Crippen molar-refractivity contribution in [2.75, 3.05) is 45.3 Å². The lowest BCUT2D eigenvalue weighted by Gasteiger charge is -2.53. The molecule has 2 fully saturated rings. The number of pyridine rings is 1. The molecule has 5 nitrogen and oxygen atoms in total. The summed E-state index contributed by atoms with van der Waals surface area (Å²) >= 11 is 0. The fourth-order valence-corrected chi connectivity index (χ4v) is 4.93. The number of para-hydroxylation sites is 1. The molecule has 0 amide bonds. The first-order chi connectivity index (χ1) is 12.6. The Morgan fingerprint density at radius 2 is 2.15 bits per heavy atom. The van der Waals surface area contributed by atoms with Crippen molar-refractivity contribution in [3.05, 3.63) is 29.8 Å². The minimum absolute atomic E-state index is 0.0487. The van der Waals surface area contributed by atoms with Crippen molar-refractivity contribution in [1.29, 1.82) is 0 Å². The van der Waals surface area contributed by atoms with Crippen LogP contribution in [0.5, 0.6) is 5.75 Å². The molecule has 5 heteroatoms. The van der Waals surface area contributed by atoms with Gasteiger partial charge in [0.15, 0.2) is 0 Å². The van der Waals surface area contributed by atoms with E-state index in [1.165, 1.54) is 12.0 Å². The molecule has 3 heterocycles. The van der Waals surface area contributed by atoms with Crippen LogP contribution in [0.25, 0.3) is 10.9 Å². The monoisotopic (exact) mass is 355 g/mol. The van der Waals surface area contributed by atoms with E-state index in [1.807, 2.05) is 12.1 Å². The van der Waals surface area contributed by atoms with Gasteiger partial charge < -0.3 is 19.6 Å². The summed E-state index contributed by atoms with van der Waals surface area (Å²) in [7, 11) is 3.89. The molecule has 1 aromatic carbocycles. The van der Waals surface area contributed by atoms with E-state index in [-0.39, 0.29) is 12.0 Å². The second kappa shape index (κ2) is 6.71. The number of hydrogen-bond acceptors (Lipinski definition) is 5. The number of likely N-dealkylation sites (N-methyl/N-ethyl adjacent to an activating group) is 1. The maximum Gasteiger partial charge on any atom is 0.145 e. The fourth-order valence-electron chi connectivity index (χ4n) is 4.93. The number of aliphatic hydroxyl groups excluding tert-OH is 1. The molecule has 140 valence electrons. The van der Waals surface area contributed by atoms with Gasteiger partial charge in [0.2, 0.25) is 0 Å². The highest BCUT2D eigenvalue weighted by Gasteiger charge is 2.46. The van der Waals surface area contributed by atoms with Crippen molar-refractivity contribution in [1.82, 2.24) is 9.88 Å². The Hall–Kier alpha value is -1.85. The highest BCUT2D eigenvalue weighted by atomic mass is 16.5. The highest BCUT2D eigenvalue weighted by Crippen LogP contribution is 2.42. The standard InChI is InChI=1S/C21H29N3O2/c1-15-12-19(22-20-16(15)6-4-7-17(20)26-3)24-11-9-21(14-25)8-5-10-23(2)18(21)13-24/h4,6-7,12,18,25H,5,8-11,13-14H2,1-3H3/t18-,21-/m1/s1. The van der Waals surface area contributed by atoms with Gasteiger partial charge in [-0.25, -0.2) is 4.98 Å². The number of aryl methyl sites for hydroxylation is 1. The molecule has 0 saturated carbocycles. The molecule has 0 aliphatic carbocycles. The van der Waals surface area contributed by atoms with Gasteiger partial charge in [0, 0.05) is 29.9 Å². The third-order valence-electron chi connectivity index (χ3n) is 6.55. The van der Waals surface area contributed by atoms with Crippen LogP contribution >= 0.6 is 0 Å². The van der Waals surface area contributed by atoms with E-state index in [2.05, 4.69) is 35.9 Å². The summed E-state index contributed by atoms with van der Waals surface area (Å²) in [6.45, 7) is 5.40. The summed E-state index contributed by atoms with van der Waals surface area (Å²) in [6, 6.07) is 8.66. The predicted octanol–water partition coefficient (Wildman–Crippen LogP) is 2.83. The van der Waals surface area contributed by atoms with Crippen molar-refractivity contribution in [2.24, 2.45) is 5.41 Å². The van der Waals surface area contributed by atoms with Crippen LogP contribution in [-0.4, -0.2) is 61.4 Å². The van der Waals surface area contributed by atoms with E-state index in [4.69, 9.17) is 9.72 Å². The number of likely N-dealkylation sites (tertiary alicyclic amines) is 1. The molecule has 1 N–H and O–H groups in total. The van der Waals surface area contributed by atoms with E-state index >= 15 is 0 Å². The summed E-state index contributed by atoms with van der Waals surface area (Å²) in [5.74, 6) is 1.84. The summed E-state index contributed by atoms with van der Waals surface area (Å²) in [4.78, 5) is 9.78. The number of aromatic nitrogens is 1. The smallest absolute Gasteiger partial charge is 0.145 e. The number of anilines is 1. The summed E-state index contributed by atoms with van der Waals surface area (Å²) in [5, 5.41) is 11.3. The number of ether oxygens (including phenoxy) is 1. The molecular weight excluding hydrogens is 326 g/mol. The Kier molecular flexibility index (Phi) is 4.53. The lowest BCUT2D eigenvalue weighted by atomic mass is 9.69. The molecule has 2 aliphatic heterocycles. The third kappa shape index (κ3) is 2.74. The number of benzene rings is 1. The number of fused-ring (bicyclic) bond motifs is 2. The number of rotatable bonds is 3. The largest absolute Gasteiger partial charge is 0.494 e. The van der Waals surface area contributed by atoms with Crippen molar-refractivity contribution in [3.63, 3.8) is 0 Å². The van der Waals surface area contributed by atoms with E-state index in [9.17, 15) is 5.11 Å². The SMILES string of the molecule is COc1cccc2c(C)cc(N3CC[C@@]4(CO)CCCN(C)[C@@H]4C3)nc12. The van der Waals surface area contributed by atoms with Crippen molar-refractivity contribution >= 4 is 16.7 Å². The second-order valence-electron chi connectivity index (χ2n) is 7.97. The van der Waals surface area contributed by atoms with Gasteiger partial charge in [-0.3, -0.25) is 0 Å². The molecule has 2 aromatic rings. The van der Waals surface area contributed by atoms with E-state index in [0.29, 0.717) is 6.04 Å². The average molecular weight is 355 g/mol. The zero-order chi connectivity index (χ0) is 18.3. The molecule has 0 spiro atoms. The quantitative estimate of drug-likeness (QED) is 0.917. The lowest BCUT2D eigenvalue weighted by molar-refractivity contribution is -0.0277. The molecule has 2 aliphatic rings. The molecule has 1 aromatic heterocycles. The molecule has 0 bridgehead atoms. The number of methoxy groups -OCH3 is 1. The Balaban J connectivity index is 1.70. The van der Waals surface area contributed by atoms with Crippen LogP contribution in [0, 0.1) is 12.3 Å². The highest BCUT2D eigenvalue weighted by molar-refractivity contribution is 5.88. The van der Waals surface area contributed by atoms with E-state index in [1.54, 1.807) is 7.11 Å². The lowest BCUT2D eigenvalue weighted by Crippen LogP contribution is -2.61. The van der Waals surface area contributed by atoms with Gasteiger partial charge in [0.1, 0.15) is 17.1 Å². The molecule has 26 heavy (non-hydrogen) atoms. The molecule has 2 atom stereocenters. The first kappa shape index (κ1) is 17.6. The second-order valence-corrected chi connectivity index (χ2v) is 7.97. The summed E-state index contributed by atoms with van der Waals surface area (Å²) in [5.41, 5.74) is 2.20. The number of piperidine rings is 2. The van der Waals surface area contributed by atoms with E-state index in [0.717, 1.165) is 54.9 Å². The van der Waals surface area contributed by atoms with Crippen LogP contribution in [0.4, 0.5) is 5.82 Å². The van der Waals surface area contributed by atoms with Crippen LogP contribution in [0.1, 0.15) is 24.8 Å². The Morgan fingerprint density at radius 1 is 1.31 bits per heavy atom.